The van der Waals surface area contributed by atoms with Gasteiger partial charge in [0.25, 0.3) is 0 Å². The minimum Gasteiger partial charge on any atom is -0.365 e. The maximum atomic E-state index is 11.7. The summed E-state index contributed by atoms with van der Waals surface area (Å²) in [4.78, 5) is 0. The zero-order valence-electron chi connectivity index (χ0n) is 13.5. The molecule has 3 heteroatoms. The van der Waals surface area contributed by atoms with Crippen LogP contribution in [0.3, 0.4) is 0 Å². The minimum absolute atomic E-state index is 0.0565. The zero-order chi connectivity index (χ0) is 14.6. The molecule has 3 nitrogen and oxygen atoms in total. The molecule has 0 aromatic carbocycles. The Morgan fingerprint density at radius 1 is 0.773 bits per heavy atom. The summed E-state index contributed by atoms with van der Waals surface area (Å²) >= 11 is 0. The van der Waals surface area contributed by atoms with Crippen molar-refractivity contribution in [2.75, 3.05) is 0 Å². The molecule has 122 valence electrons. The summed E-state index contributed by atoms with van der Waals surface area (Å²) in [6.07, 6.45) is 14.5. The third-order valence-electron chi connectivity index (χ3n) is 8.78. The fourth-order valence-electron chi connectivity index (χ4n) is 8.04. The molecule has 7 rings (SSSR count). The van der Waals surface area contributed by atoms with Gasteiger partial charge in [-0.25, -0.2) is 0 Å². The summed E-state index contributed by atoms with van der Waals surface area (Å²) in [5.74, 6) is 0.275. The van der Waals surface area contributed by atoms with E-state index in [9.17, 15) is 5.11 Å². The van der Waals surface area contributed by atoms with Crippen LogP contribution in [0.4, 0.5) is 0 Å². The first-order valence-electron chi connectivity index (χ1n) is 9.77. The number of ether oxygens (including phenoxy) is 2. The quantitative estimate of drug-likeness (QED) is 0.741. The standard InChI is InChI=1S/C19H28O3/c20-19-14-7-10-16(19)12-15-6-2-4-9-18(15,22-19)21-17(16)8-3-1-5-13(17)11-14/h13-15,20H,1-12H2/t13-,14+,15-,16-,17+,18+,19+/m1/s1. The van der Waals surface area contributed by atoms with Gasteiger partial charge in [-0.15, -0.1) is 0 Å². The second-order valence-electron chi connectivity index (χ2n) is 9.24. The molecular weight excluding hydrogens is 276 g/mol. The average molecular weight is 304 g/mol. The van der Waals surface area contributed by atoms with E-state index in [2.05, 4.69) is 0 Å². The fraction of sp³-hybridized carbons (Fsp3) is 1.00. The normalized spacial score (nSPS) is 65.0. The smallest absolute Gasteiger partial charge is 0.180 e. The summed E-state index contributed by atoms with van der Waals surface area (Å²) in [6.45, 7) is 0. The third-order valence-corrected chi connectivity index (χ3v) is 8.78. The highest BCUT2D eigenvalue weighted by atomic mass is 16.8. The Balaban J connectivity index is 1.58. The van der Waals surface area contributed by atoms with Gasteiger partial charge in [0, 0.05) is 18.3 Å². The molecule has 4 aliphatic carbocycles. The van der Waals surface area contributed by atoms with Crippen LogP contribution in [-0.2, 0) is 9.47 Å². The second-order valence-corrected chi connectivity index (χ2v) is 9.24. The number of hydrogen-bond donors (Lipinski definition) is 1. The number of hydrogen-bond acceptors (Lipinski definition) is 3. The predicted molar refractivity (Wildman–Crippen MR) is 80.9 cm³/mol. The predicted octanol–water partition coefficient (Wildman–Crippen LogP) is 3.74. The van der Waals surface area contributed by atoms with Gasteiger partial charge < -0.3 is 14.6 Å². The molecule has 3 heterocycles. The molecule has 3 saturated heterocycles. The molecule has 7 atom stereocenters. The molecule has 4 saturated carbocycles. The fourth-order valence-corrected chi connectivity index (χ4v) is 8.04. The van der Waals surface area contributed by atoms with Crippen LogP contribution in [0.15, 0.2) is 0 Å². The van der Waals surface area contributed by atoms with Crippen molar-refractivity contribution in [1.82, 2.24) is 0 Å². The van der Waals surface area contributed by atoms with Crippen molar-refractivity contribution in [3.8, 4) is 0 Å². The lowest BCUT2D eigenvalue weighted by Crippen LogP contribution is -2.82. The van der Waals surface area contributed by atoms with Crippen LogP contribution in [0, 0.1) is 23.2 Å². The van der Waals surface area contributed by atoms with E-state index in [1.54, 1.807) is 0 Å². The van der Waals surface area contributed by atoms with Gasteiger partial charge in [0.2, 0.25) is 0 Å². The van der Waals surface area contributed by atoms with Crippen molar-refractivity contribution in [1.29, 1.82) is 0 Å². The maximum Gasteiger partial charge on any atom is 0.180 e. The van der Waals surface area contributed by atoms with Crippen molar-refractivity contribution in [3.63, 3.8) is 0 Å². The van der Waals surface area contributed by atoms with Crippen molar-refractivity contribution in [3.05, 3.63) is 0 Å². The molecule has 0 radical (unpaired) electrons. The van der Waals surface area contributed by atoms with E-state index >= 15 is 0 Å². The Kier molecular flexibility index (Phi) is 2.25. The minimum atomic E-state index is -0.868. The first kappa shape index (κ1) is 13.2. The van der Waals surface area contributed by atoms with Crippen LogP contribution >= 0.6 is 0 Å². The van der Waals surface area contributed by atoms with E-state index in [-0.39, 0.29) is 11.0 Å². The van der Waals surface area contributed by atoms with Crippen LogP contribution in [-0.4, -0.2) is 22.3 Å². The summed E-state index contributed by atoms with van der Waals surface area (Å²) in [6, 6.07) is 0. The summed E-state index contributed by atoms with van der Waals surface area (Å²) < 4.78 is 13.6. The van der Waals surface area contributed by atoms with Gasteiger partial charge in [-0.2, -0.15) is 0 Å². The number of rotatable bonds is 0. The zero-order valence-corrected chi connectivity index (χ0v) is 13.5. The monoisotopic (exact) mass is 304 g/mol. The Morgan fingerprint density at radius 3 is 2.50 bits per heavy atom. The van der Waals surface area contributed by atoms with E-state index < -0.39 is 11.6 Å². The van der Waals surface area contributed by atoms with Gasteiger partial charge in [0.1, 0.15) is 0 Å². The van der Waals surface area contributed by atoms with E-state index in [0.29, 0.717) is 17.8 Å². The highest BCUT2D eigenvalue weighted by Gasteiger charge is 2.84. The van der Waals surface area contributed by atoms with Gasteiger partial charge in [-0.1, -0.05) is 19.3 Å². The van der Waals surface area contributed by atoms with Crippen LogP contribution in [0.2, 0.25) is 0 Å². The molecule has 0 aromatic heterocycles. The average Bonchev–Trinajstić information content (AvgIpc) is 2.70. The first-order chi connectivity index (χ1) is 10.6. The van der Waals surface area contributed by atoms with Crippen molar-refractivity contribution < 1.29 is 14.6 Å². The summed E-state index contributed by atoms with van der Waals surface area (Å²) in [5, 5.41) is 11.7. The topological polar surface area (TPSA) is 38.7 Å². The van der Waals surface area contributed by atoms with Crippen LogP contribution in [0.5, 0.6) is 0 Å². The van der Waals surface area contributed by atoms with E-state index in [0.717, 1.165) is 25.7 Å². The van der Waals surface area contributed by atoms with E-state index in [1.165, 1.54) is 51.4 Å². The van der Waals surface area contributed by atoms with Gasteiger partial charge in [0.15, 0.2) is 11.6 Å². The van der Waals surface area contributed by atoms with Gasteiger partial charge >= 0.3 is 0 Å². The molecule has 0 unspecified atom stereocenters. The molecule has 1 N–H and O–H groups in total. The van der Waals surface area contributed by atoms with Crippen LogP contribution in [0.25, 0.3) is 0 Å². The summed E-state index contributed by atoms with van der Waals surface area (Å²) in [5.41, 5.74) is -0.142. The highest BCUT2D eigenvalue weighted by molar-refractivity contribution is 5.27. The molecule has 5 bridgehead atoms. The Morgan fingerprint density at radius 2 is 1.59 bits per heavy atom. The Hall–Kier alpha value is -0.120. The van der Waals surface area contributed by atoms with Crippen LogP contribution in [0.1, 0.15) is 77.0 Å². The molecule has 0 amide bonds. The lowest BCUT2D eigenvalue weighted by molar-refractivity contribution is -0.548. The molecular formula is C19H28O3. The van der Waals surface area contributed by atoms with E-state index in [4.69, 9.17) is 9.47 Å². The molecule has 3 spiro atoms. The molecule has 3 aliphatic heterocycles. The van der Waals surface area contributed by atoms with Crippen molar-refractivity contribution in [2.24, 2.45) is 23.2 Å². The van der Waals surface area contributed by atoms with Crippen molar-refractivity contribution in [2.45, 2.75) is 94.2 Å². The molecule has 7 aliphatic rings. The highest BCUT2D eigenvalue weighted by Crippen LogP contribution is 2.78. The summed E-state index contributed by atoms with van der Waals surface area (Å²) in [7, 11) is 0. The van der Waals surface area contributed by atoms with Gasteiger partial charge in [-0.05, 0) is 57.3 Å². The molecule has 7 fully saturated rings. The third kappa shape index (κ3) is 1.14. The van der Waals surface area contributed by atoms with Gasteiger partial charge in [0.05, 0.1) is 11.0 Å². The molecule has 22 heavy (non-hydrogen) atoms. The first-order valence-corrected chi connectivity index (χ1v) is 9.77. The Labute approximate surface area is 132 Å². The maximum absolute atomic E-state index is 11.7. The lowest BCUT2D eigenvalue weighted by atomic mass is 9.46. The lowest BCUT2D eigenvalue weighted by Gasteiger charge is -2.75. The van der Waals surface area contributed by atoms with E-state index in [1.807, 2.05) is 0 Å². The number of aliphatic hydroxyl groups is 1. The van der Waals surface area contributed by atoms with Gasteiger partial charge in [-0.3, -0.25) is 0 Å². The van der Waals surface area contributed by atoms with Crippen molar-refractivity contribution >= 4 is 0 Å². The largest absolute Gasteiger partial charge is 0.365 e. The Bertz CT molecular complexity index is 535. The molecule has 0 aromatic rings. The SMILES string of the molecule is O[C@@]12O[C@@]34CCCC[C@@H]3C[C@@]13CC[C@H]2C[C@H]1CCCC[C@]13O4. The van der Waals surface area contributed by atoms with Crippen LogP contribution < -0.4 is 0 Å². The second kappa shape index (κ2) is 3.75.